The maximum atomic E-state index is 13.0. The predicted molar refractivity (Wildman–Crippen MR) is 122 cm³/mol. The van der Waals surface area contributed by atoms with Crippen LogP contribution in [0.3, 0.4) is 0 Å². The average molecular weight is 430 g/mol. The van der Waals surface area contributed by atoms with Crippen molar-refractivity contribution in [3.63, 3.8) is 0 Å². The molecule has 2 aromatic rings. The predicted octanol–water partition coefficient (Wildman–Crippen LogP) is 2.41. The summed E-state index contributed by atoms with van der Waals surface area (Å²) >= 11 is 0. The number of hydrogen-bond donors (Lipinski definition) is 1. The van der Waals surface area contributed by atoms with Crippen molar-refractivity contribution in [2.45, 2.75) is 12.8 Å². The molecule has 2 saturated heterocycles. The lowest BCUT2D eigenvalue weighted by molar-refractivity contribution is -0.125. The third-order valence-electron chi connectivity index (χ3n) is 7.09. The minimum Gasteiger partial charge on any atom is -0.336 e. The van der Waals surface area contributed by atoms with Gasteiger partial charge in [-0.25, -0.2) is 0 Å². The maximum absolute atomic E-state index is 13.0. The number of amides is 2. The Morgan fingerprint density at radius 1 is 1.06 bits per heavy atom. The highest BCUT2D eigenvalue weighted by molar-refractivity contribution is 5.99. The van der Waals surface area contributed by atoms with Crippen molar-refractivity contribution < 1.29 is 9.59 Å². The van der Waals surface area contributed by atoms with Crippen LogP contribution < -0.4 is 5.32 Å². The van der Waals surface area contributed by atoms with Gasteiger partial charge in [-0.1, -0.05) is 18.2 Å². The van der Waals surface area contributed by atoms with Gasteiger partial charge in [0.2, 0.25) is 5.91 Å². The number of carbonyl (C=O) groups excluding carboxylic acids is 2. The second kappa shape index (κ2) is 7.95. The zero-order valence-electron chi connectivity index (χ0n) is 18.3. The molecule has 1 spiro atoms. The van der Waals surface area contributed by atoms with E-state index in [9.17, 15) is 14.9 Å². The Hall–Kier alpha value is -3.37. The SMILES string of the molecule is CN1CCN(C(=O)c2cccc(-c3ccc4c(c3)CC3(CCN(C#N)C3)C(=O)N4)c2)CC1. The third-order valence-corrected chi connectivity index (χ3v) is 7.09. The molecule has 0 radical (unpaired) electrons. The van der Waals surface area contributed by atoms with Crippen molar-refractivity contribution in [2.24, 2.45) is 5.41 Å². The molecule has 5 rings (SSSR count). The minimum atomic E-state index is -0.541. The van der Waals surface area contributed by atoms with E-state index in [-0.39, 0.29) is 11.8 Å². The molecule has 7 heteroatoms. The molecular weight excluding hydrogens is 402 g/mol. The van der Waals surface area contributed by atoms with Crippen LogP contribution in [0.25, 0.3) is 11.1 Å². The van der Waals surface area contributed by atoms with E-state index < -0.39 is 5.41 Å². The average Bonchev–Trinajstić information content (AvgIpc) is 3.24. The standard InChI is InChI=1S/C25H27N5O2/c1-28-9-11-30(12-10-28)23(31)20-4-2-3-18(13-20)19-5-6-22-21(14-19)15-25(24(32)27-22)7-8-29(16-25)17-26/h2-6,13-14H,7-12,15-16H2,1H3,(H,27,32). The zero-order valence-corrected chi connectivity index (χ0v) is 18.3. The van der Waals surface area contributed by atoms with Crippen molar-refractivity contribution in [1.29, 1.82) is 5.26 Å². The van der Waals surface area contributed by atoms with Crippen molar-refractivity contribution in [3.05, 3.63) is 53.6 Å². The van der Waals surface area contributed by atoms with E-state index in [1.165, 1.54) is 0 Å². The Balaban J connectivity index is 1.40. The summed E-state index contributed by atoms with van der Waals surface area (Å²) in [6, 6.07) is 13.9. The van der Waals surface area contributed by atoms with Gasteiger partial charge in [0.05, 0.1) is 5.41 Å². The molecule has 2 aromatic carbocycles. The zero-order chi connectivity index (χ0) is 22.3. The summed E-state index contributed by atoms with van der Waals surface area (Å²) in [5.41, 5.74) is 4.10. The van der Waals surface area contributed by atoms with Gasteiger partial charge in [-0.05, 0) is 60.8 Å². The molecule has 0 aromatic heterocycles. The van der Waals surface area contributed by atoms with Crippen LogP contribution in [0.4, 0.5) is 5.69 Å². The molecule has 0 saturated carbocycles. The molecule has 164 valence electrons. The second-order valence-electron chi connectivity index (χ2n) is 9.23. The molecule has 7 nitrogen and oxygen atoms in total. The first-order valence-corrected chi connectivity index (χ1v) is 11.1. The molecule has 1 unspecified atom stereocenters. The molecule has 32 heavy (non-hydrogen) atoms. The number of anilines is 1. The lowest BCUT2D eigenvalue weighted by atomic mass is 9.76. The molecule has 2 amide bonds. The quantitative estimate of drug-likeness (QED) is 0.742. The fraction of sp³-hybridized carbons (Fsp3) is 0.400. The first kappa shape index (κ1) is 20.5. The lowest BCUT2D eigenvalue weighted by Crippen LogP contribution is -2.47. The molecule has 2 fully saturated rings. The number of benzene rings is 2. The van der Waals surface area contributed by atoms with E-state index in [2.05, 4.69) is 29.5 Å². The maximum Gasteiger partial charge on any atom is 0.253 e. The number of nitrogens with zero attached hydrogens (tertiary/aromatic N) is 4. The van der Waals surface area contributed by atoms with E-state index in [4.69, 9.17) is 0 Å². The number of likely N-dealkylation sites (N-methyl/N-ethyl adjacent to an activating group) is 1. The Morgan fingerprint density at radius 2 is 1.84 bits per heavy atom. The van der Waals surface area contributed by atoms with Gasteiger partial charge in [0.15, 0.2) is 6.19 Å². The minimum absolute atomic E-state index is 0.00951. The summed E-state index contributed by atoms with van der Waals surface area (Å²) in [5.74, 6) is 0.0851. The van der Waals surface area contributed by atoms with Crippen molar-refractivity contribution in [3.8, 4) is 17.3 Å². The summed E-state index contributed by atoms with van der Waals surface area (Å²) in [4.78, 5) is 31.6. The highest BCUT2D eigenvalue weighted by atomic mass is 16.2. The van der Waals surface area contributed by atoms with Crippen LogP contribution >= 0.6 is 0 Å². The lowest BCUT2D eigenvalue weighted by Gasteiger charge is -2.33. The van der Waals surface area contributed by atoms with Gasteiger partial charge in [0.25, 0.3) is 5.91 Å². The fourth-order valence-corrected chi connectivity index (χ4v) is 5.05. The number of nitrogens with one attached hydrogen (secondary N) is 1. The molecule has 0 aliphatic carbocycles. The highest BCUT2D eigenvalue weighted by Gasteiger charge is 2.47. The molecule has 1 N–H and O–H groups in total. The van der Waals surface area contributed by atoms with Crippen LogP contribution in [0.15, 0.2) is 42.5 Å². The number of likely N-dealkylation sites (tertiary alicyclic amines) is 1. The Morgan fingerprint density at radius 3 is 2.59 bits per heavy atom. The van der Waals surface area contributed by atoms with Crippen LogP contribution in [0.2, 0.25) is 0 Å². The Kier molecular flexibility index (Phi) is 5.10. The van der Waals surface area contributed by atoms with Gasteiger partial charge in [0.1, 0.15) is 0 Å². The van der Waals surface area contributed by atoms with Crippen LogP contribution in [-0.4, -0.2) is 72.8 Å². The summed E-state index contributed by atoms with van der Waals surface area (Å²) in [6.07, 6.45) is 3.49. The smallest absolute Gasteiger partial charge is 0.253 e. The Bertz CT molecular complexity index is 1120. The second-order valence-corrected chi connectivity index (χ2v) is 9.23. The van der Waals surface area contributed by atoms with Gasteiger partial charge >= 0.3 is 0 Å². The van der Waals surface area contributed by atoms with E-state index in [1.807, 2.05) is 41.3 Å². The number of hydrogen-bond acceptors (Lipinski definition) is 5. The van der Waals surface area contributed by atoms with Crippen LogP contribution in [-0.2, 0) is 11.2 Å². The molecule has 3 heterocycles. The van der Waals surface area contributed by atoms with Gasteiger partial charge in [-0.3, -0.25) is 9.59 Å². The number of rotatable bonds is 2. The van der Waals surface area contributed by atoms with Gasteiger partial charge < -0.3 is 20.0 Å². The first-order valence-electron chi connectivity index (χ1n) is 11.1. The number of piperazine rings is 1. The van der Waals surface area contributed by atoms with Crippen LogP contribution in [0.1, 0.15) is 22.3 Å². The molecule has 3 aliphatic heterocycles. The van der Waals surface area contributed by atoms with E-state index in [0.717, 1.165) is 48.6 Å². The van der Waals surface area contributed by atoms with Gasteiger partial charge in [-0.15, -0.1) is 0 Å². The van der Waals surface area contributed by atoms with Gasteiger partial charge in [-0.2, -0.15) is 5.26 Å². The van der Waals surface area contributed by atoms with E-state index in [0.29, 0.717) is 31.5 Å². The summed E-state index contributed by atoms with van der Waals surface area (Å²) in [5, 5.41) is 12.3. The molecule has 3 aliphatic rings. The summed E-state index contributed by atoms with van der Waals surface area (Å²) in [7, 11) is 2.08. The van der Waals surface area contributed by atoms with Crippen LogP contribution in [0.5, 0.6) is 0 Å². The van der Waals surface area contributed by atoms with Crippen molar-refractivity contribution >= 4 is 17.5 Å². The monoisotopic (exact) mass is 429 g/mol. The number of fused-ring (bicyclic) bond motifs is 1. The van der Waals surface area contributed by atoms with E-state index in [1.54, 1.807) is 4.90 Å². The van der Waals surface area contributed by atoms with Crippen molar-refractivity contribution in [2.75, 3.05) is 51.6 Å². The topological polar surface area (TPSA) is 79.7 Å². The first-order chi connectivity index (χ1) is 15.5. The highest BCUT2D eigenvalue weighted by Crippen LogP contribution is 2.41. The molecular formula is C25H27N5O2. The van der Waals surface area contributed by atoms with Crippen LogP contribution in [0, 0.1) is 16.9 Å². The third kappa shape index (κ3) is 3.61. The Labute approximate surface area is 188 Å². The molecule has 1 atom stereocenters. The summed E-state index contributed by atoms with van der Waals surface area (Å²) in [6.45, 7) is 4.38. The number of carbonyl (C=O) groups is 2. The molecule has 0 bridgehead atoms. The fourth-order valence-electron chi connectivity index (χ4n) is 5.05. The van der Waals surface area contributed by atoms with Gasteiger partial charge in [0, 0.05) is 50.5 Å². The normalized spacial score (nSPS) is 23.1. The summed E-state index contributed by atoms with van der Waals surface area (Å²) < 4.78 is 0. The van der Waals surface area contributed by atoms with E-state index >= 15 is 0 Å². The largest absolute Gasteiger partial charge is 0.336 e. The van der Waals surface area contributed by atoms with Crippen molar-refractivity contribution in [1.82, 2.24) is 14.7 Å². The number of nitriles is 1.